The van der Waals surface area contributed by atoms with Crippen molar-refractivity contribution in [3.8, 4) is 11.8 Å². The Hall–Kier alpha value is -2.78. The van der Waals surface area contributed by atoms with Crippen LogP contribution in [0.2, 0.25) is 5.02 Å². The molecule has 0 amide bonds. The van der Waals surface area contributed by atoms with Crippen LogP contribution in [-0.4, -0.2) is 16.0 Å². The Morgan fingerprint density at radius 3 is 2.70 bits per heavy atom. The second-order valence-electron chi connectivity index (χ2n) is 5.98. The average Bonchev–Trinajstić information content (AvgIpc) is 2.62. The maximum absolute atomic E-state index is 13.1. The normalized spacial score (nSPS) is 12.3. The van der Waals surface area contributed by atoms with Crippen LogP contribution in [0.3, 0.4) is 0 Å². The third-order valence-corrected chi connectivity index (χ3v) is 4.08. The highest BCUT2D eigenvalue weighted by atomic mass is 35.5. The van der Waals surface area contributed by atoms with Gasteiger partial charge in [0.1, 0.15) is 12.1 Å². The van der Waals surface area contributed by atoms with Gasteiger partial charge in [-0.15, -0.1) is 0 Å². The zero-order chi connectivity index (χ0) is 19.4. The van der Waals surface area contributed by atoms with E-state index < -0.39 is 11.7 Å². The molecule has 3 nitrogen and oxygen atoms in total. The molecule has 0 aliphatic carbocycles. The highest BCUT2D eigenvalue weighted by Gasteiger charge is 2.33. The molecule has 0 radical (unpaired) electrons. The fourth-order valence-electron chi connectivity index (χ4n) is 2.56. The van der Waals surface area contributed by atoms with E-state index in [1.54, 1.807) is 0 Å². The van der Waals surface area contributed by atoms with Crippen molar-refractivity contribution < 1.29 is 13.2 Å². The van der Waals surface area contributed by atoms with E-state index in [0.29, 0.717) is 12.2 Å². The van der Waals surface area contributed by atoms with E-state index in [-0.39, 0.29) is 16.6 Å². The molecule has 0 aliphatic rings. The van der Waals surface area contributed by atoms with Gasteiger partial charge in [-0.2, -0.15) is 13.2 Å². The molecule has 7 heteroatoms. The van der Waals surface area contributed by atoms with Gasteiger partial charge >= 0.3 is 6.18 Å². The fourth-order valence-corrected chi connectivity index (χ4v) is 2.74. The molecule has 3 aromatic rings. The van der Waals surface area contributed by atoms with Crippen LogP contribution < -0.4 is 5.32 Å². The van der Waals surface area contributed by atoms with Gasteiger partial charge < -0.3 is 5.32 Å². The van der Waals surface area contributed by atoms with Crippen LogP contribution in [0.25, 0.3) is 10.9 Å². The van der Waals surface area contributed by atoms with Crippen LogP contribution in [0.5, 0.6) is 0 Å². The Morgan fingerprint density at radius 1 is 1.15 bits per heavy atom. The number of hydrogen-bond acceptors (Lipinski definition) is 3. The number of hydrogen-bond donors (Lipinski definition) is 1. The number of nitrogens with one attached hydrogen (secondary N) is 1. The Labute approximate surface area is 159 Å². The van der Waals surface area contributed by atoms with E-state index in [1.165, 1.54) is 18.5 Å². The maximum atomic E-state index is 13.1. The van der Waals surface area contributed by atoms with Crippen LogP contribution in [0.15, 0.2) is 48.8 Å². The van der Waals surface area contributed by atoms with Crippen LogP contribution in [-0.2, 0) is 6.18 Å². The van der Waals surface area contributed by atoms with E-state index in [9.17, 15) is 13.2 Å². The first-order valence-electron chi connectivity index (χ1n) is 8.16. The molecule has 1 heterocycles. The van der Waals surface area contributed by atoms with Crippen molar-refractivity contribution in [2.45, 2.75) is 25.6 Å². The highest BCUT2D eigenvalue weighted by molar-refractivity contribution is 6.30. The minimum Gasteiger partial charge on any atom is -0.366 e. The molecule has 2 aromatic carbocycles. The molecule has 1 atom stereocenters. The van der Waals surface area contributed by atoms with Gasteiger partial charge in [-0.3, -0.25) is 0 Å². The summed E-state index contributed by atoms with van der Waals surface area (Å²) < 4.78 is 39.3. The van der Waals surface area contributed by atoms with E-state index >= 15 is 0 Å². The molecule has 1 N–H and O–H groups in total. The van der Waals surface area contributed by atoms with Gasteiger partial charge in [0.25, 0.3) is 0 Å². The quantitative estimate of drug-likeness (QED) is 0.597. The smallest absolute Gasteiger partial charge is 0.366 e. The minimum atomic E-state index is -4.50. The zero-order valence-corrected chi connectivity index (χ0v) is 15.1. The van der Waals surface area contributed by atoms with Gasteiger partial charge in [0, 0.05) is 28.4 Å². The van der Waals surface area contributed by atoms with E-state index in [4.69, 9.17) is 11.6 Å². The molecule has 0 saturated heterocycles. The number of anilines is 1. The minimum absolute atomic E-state index is 0.0264. The number of para-hydroxylation sites is 1. The van der Waals surface area contributed by atoms with Crippen molar-refractivity contribution in [3.05, 3.63) is 64.9 Å². The van der Waals surface area contributed by atoms with Crippen molar-refractivity contribution >= 4 is 28.3 Å². The van der Waals surface area contributed by atoms with Gasteiger partial charge in [0.15, 0.2) is 0 Å². The van der Waals surface area contributed by atoms with Gasteiger partial charge in [-0.1, -0.05) is 35.6 Å². The summed E-state index contributed by atoms with van der Waals surface area (Å²) in [6, 6.07) is 11.0. The summed E-state index contributed by atoms with van der Waals surface area (Å²) >= 11 is 5.68. The lowest BCUT2D eigenvalue weighted by Gasteiger charge is -2.13. The summed E-state index contributed by atoms with van der Waals surface area (Å²) in [5.41, 5.74) is -0.110. The molecule has 0 bridgehead atoms. The first kappa shape index (κ1) is 19.0. The maximum Gasteiger partial charge on any atom is 0.417 e. The van der Waals surface area contributed by atoms with Crippen LogP contribution in [0.4, 0.5) is 19.0 Å². The number of fused-ring (bicyclic) bond motifs is 1. The summed E-state index contributed by atoms with van der Waals surface area (Å²) in [5, 5.41) is 4.13. The lowest BCUT2D eigenvalue weighted by Crippen LogP contribution is -2.15. The largest absolute Gasteiger partial charge is 0.417 e. The van der Waals surface area contributed by atoms with Gasteiger partial charge in [0.05, 0.1) is 11.1 Å². The predicted molar refractivity (Wildman–Crippen MR) is 101 cm³/mol. The van der Waals surface area contributed by atoms with E-state index in [1.807, 2.05) is 31.2 Å². The van der Waals surface area contributed by atoms with Crippen LogP contribution in [0.1, 0.15) is 24.5 Å². The van der Waals surface area contributed by atoms with E-state index in [2.05, 4.69) is 27.1 Å². The standard InChI is InChI=1S/C20H15ClF3N3/c1-13(27-19-16-7-2-3-8-18(16)25-12-26-19)5-4-6-14-9-10-15(21)11-17(14)20(22,23)24/h2-3,7-13H,5H2,1H3,(H,25,26,27). The third-order valence-electron chi connectivity index (χ3n) is 3.84. The summed E-state index contributed by atoms with van der Waals surface area (Å²) in [4.78, 5) is 8.43. The van der Waals surface area contributed by atoms with Gasteiger partial charge in [-0.05, 0) is 37.3 Å². The topological polar surface area (TPSA) is 37.8 Å². The van der Waals surface area contributed by atoms with Crippen molar-refractivity contribution in [1.82, 2.24) is 9.97 Å². The molecular formula is C20H15ClF3N3. The Bertz CT molecular complexity index is 1020. The van der Waals surface area contributed by atoms with Crippen molar-refractivity contribution in [2.75, 3.05) is 5.32 Å². The number of alkyl halides is 3. The molecule has 3 rings (SSSR count). The van der Waals surface area contributed by atoms with Crippen molar-refractivity contribution in [1.29, 1.82) is 0 Å². The number of halogens is 4. The lowest BCUT2D eigenvalue weighted by atomic mass is 10.1. The van der Waals surface area contributed by atoms with Gasteiger partial charge in [-0.25, -0.2) is 9.97 Å². The first-order valence-corrected chi connectivity index (χ1v) is 8.54. The zero-order valence-electron chi connectivity index (χ0n) is 14.3. The average molecular weight is 390 g/mol. The molecule has 0 saturated carbocycles. The van der Waals surface area contributed by atoms with Crippen molar-refractivity contribution in [3.63, 3.8) is 0 Å². The second-order valence-corrected chi connectivity index (χ2v) is 6.41. The highest BCUT2D eigenvalue weighted by Crippen LogP contribution is 2.33. The third kappa shape index (κ3) is 4.69. The summed E-state index contributed by atoms with van der Waals surface area (Å²) in [7, 11) is 0. The molecule has 138 valence electrons. The summed E-state index contributed by atoms with van der Waals surface area (Å²) in [6.45, 7) is 1.89. The number of rotatable bonds is 3. The SMILES string of the molecule is CC(CC#Cc1ccc(Cl)cc1C(F)(F)F)Nc1ncnc2ccccc12. The molecule has 0 aliphatic heterocycles. The number of nitrogens with zero attached hydrogens (tertiary/aromatic N) is 2. The Balaban J connectivity index is 1.75. The van der Waals surface area contributed by atoms with Crippen LogP contribution in [0, 0.1) is 11.8 Å². The molecular weight excluding hydrogens is 375 g/mol. The van der Waals surface area contributed by atoms with Crippen molar-refractivity contribution in [2.24, 2.45) is 0 Å². The Kier molecular flexibility index (Phi) is 5.52. The molecule has 1 unspecified atom stereocenters. The van der Waals surface area contributed by atoms with E-state index in [0.717, 1.165) is 17.0 Å². The number of benzene rings is 2. The monoisotopic (exact) mass is 389 g/mol. The Morgan fingerprint density at radius 2 is 1.93 bits per heavy atom. The van der Waals surface area contributed by atoms with Gasteiger partial charge in [0.2, 0.25) is 0 Å². The number of aromatic nitrogens is 2. The molecule has 27 heavy (non-hydrogen) atoms. The van der Waals surface area contributed by atoms with Crippen LogP contribution >= 0.6 is 11.6 Å². The predicted octanol–water partition coefficient (Wildman–Crippen LogP) is 5.54. The molecule has 0 fully saturated rings. The second kappa shape index (κ2) is 7.85. The first-order chi connectivity index (χ1) is 12.8. The molecule has 1 aromatic heterocycles. The summed E-state index contributed by atoms with van der Waals surface area (Å²) in [5.74, 6) is 6.07. The fraction of sp³-hybridized carbons (Fsp3) is 0.200. The lowest BCUT2D eigenvalue weighted by molar-refractivity contribution is -0.137. The summed E-state index contributed by atoms with van der Waals surface area (Å²) in [6.07, 6.45) is -2.69. The molecule has 0 spiro atoms.